The van der Waals surface area contributed by atoms with Crippen molar-refractivity contribution >= 4 is 34.1 Å². The molecule has 1 aliphatic rings. The zero-order valence-corrected chi connectivity index (χ0v) is 26.4. The molecule has 230 valence electrons. The van der Waals surface area contributed by atoms with Crippen molar-refractivity contribution in [3.05, 3.63) is 41.6 Å². The summed E-state index contributed by atoms with van der Waals surface area (Å²) in [6.45, 7) is 10.8. The molecule has 3 heterocycles. The minimum Gasteiger partial charge on any atom is -0.494 e. The monoisotopic (exact) mass is 588 g/mol. The second-order valence-electron chi connectivity index (χ2n) is 12.5. The number of ether oxygens (including phenoxy) is 2. The average molecular weight is 589 g/mol. The Kier molecular flexibility index (Phi) is 8.66. The Labute approximate surface area is 253 Å². The van der Waals surface area contributed by atoms with Crippen LogP contribution in [0.25, 0.3) is 33.6 Å². The van der Waals surface area contributed by atoms with Gasteiger partial charge in [0.2, 0.25) is 0 Å². The van der Waals surface area contributed by atoms with Crippen LogP contribution in [-0.4, -0.2) is 56.4 Å². The Hall–Kier alpha value is -4.08. The van der Waals surface area contributed by atoms with Gasteiger partial charge in [0.05, 0.1) is 18.3 Å². The maximum absolute atomic E-state index is 13.3. The molecule has 1 aromatic carbocycles. The fourth-order valence-electron chi connectivity index (χ4n) is 5.48. The summed E-state index contributed by atoms with van der Waals surface area (Å²) in [5.74, 6) is 1.75. The number of amides is 2. The maximum Gasteiger partial charge on any atom is 0.407 e. The summed E-state index contributed by atoms with van der Waals surface area (Å²) < 4.78 is 15.5. The van der Waals surface area contributed by atoms with Gasteiger partial charge in [-0.05, 0) is 82.7 Å². The molecule has 0 spiro atoms. The second kappa shape index (κ2) is 12.3. The minimum atomic E-state index is -0.598. The lowest BCUT2D eigenvalue weighted by Gasteiger charge is -2.23. The minimum absolute atomic E-state index is 0.258. The highest BCUT2D eigenvalue weighted by Gasteiger charge is 2.27. The zero-order valence-electron chi connectivity index (χ0n) is 26.4. The van der Waals surface area contributed by atoms with Crippen molar-refractivity contribution in [2.75, 3.05) is 13.7 Å². The zero-order chi connectivity index (χ0) is 30.9. The Morgan fingerprint density at radius 1 is 1.12 bits per heavy atom. The first-order valence-corrected chi connectivity index (χ1v) is 15.3. The molecule has 10 nitrogen and oxygen atoms in total. The molecule has 3 aromatic heterocycles. The summed E-state index contributed by atoms with van der Waals surface area (Å²) in [4.78, 5) is 35.7. The number of benzene rings is 1. The highest BCUT2D eigenvalue weighted by molar-refractivity contribution is 6.00. The van der Waals surface area contributed by atoms with Crippen LogP contribution >= 0.6 is 0 Å². The highest BCUT2D eigenvalue weighted by Crippen LogP contribution is 2.37. The maximum atomic E-state index is 13.3. The van der Waals surface area contributed by atoms with Gasteiger partial charge in [0.15, 0.2) is 5.82 Å². The smallest absolute Gasteiger partial charge is 0.407 e. The van der Waals surface area contributed by atoms with E-state index in [0.29, 0.717) is 29.2 Å². The van der Waals surface area contributed by atoms with E-state index in [4.69, 9.17) is 19.4 Å². The fourth-order valence-corrected chi connectivity index (χ4v) is 5.48. The Morgan fingerprint density at radius 2 is 1.88 bits per heavy atom. The number of fused-ring (bicyclic) bond motifs is 2. The van der Waals surface area contributed by atoms with Gasteiger partial charge in [0, 0.05) is 42.8 Å². The predicted octanol–water partition coefficient (Wildman–Crippen LogP) is 5.99. The molecule has 2 amide bonds. The molecule has 0 unspecified atom stereocenters. The number of hydrogen-bond donors (Lipinski definition) is 2. The summed E-state index contributed by atoms with van der Waals surface area (Å²) in [5, 5.41) is 6.95. The summed E-state index contributed by atoms with van der Waals surface area (Å²) in [7, 11) is 3.58. The second-order valence-corrected chi connectivity index (χ2v) is 12.5. The van der Waals surface area contributed by atoms with E-state index in [9.17, 15) is 9.59 Å². The van der Waals surface area contributed by atoms with Crippen molar-refractivity contribution in [3.8, 4) is 17.3 Å². The molecule has 1 atom stereocenters. The van der Waals surface area contributed by atoms with Crippen molar-refractivity contribution in [1.82, 2.24) is 29.7 Å². The molecule has 10 heteroatoms. The molecule has 0 aliphatic heterocycles. The SMILES string of the molecule is CCC[C@H](CNC(=O)c1cc(OC)c2c(c1)nc(-c1cc3ccc(CC)nc3n1CC1CC1)n2C)NC(=O)OC(C)(C)C. The number of carbonyl (C=O) groups is 2. The molecule has 43 heavy (non-hydrogen) atoms. The molecule has 0 radical (unpaired) electrons. The lowest BCUT2D eigenvalue weighted by atomic mass is 10.1. The Balaban J connectivity index is 1.44. The molecule has 2 N–H and O–H groups in total. The van der Waals surface area contributed by atoms with Gasteiger partial charge in [0.1, 0.15) is 22.5 Å². The van der Waals surface area contributed by atoms with Crippen LogP contribution in [0.4, 0.5) is 4.79 Å². The topological polar surface area (TPSA) is 112 Å². The van der Waals surface area contributed by atoms with Gasteiger partial charge in [-0.15, -0.1) is 0 Å². The number of pyridine rings is 1. The lowest BCUT2D eigenvalue weighted by Crippen LogP contribution is -2.45. The van der Waals surface area contributed by atoms with Gasteiger partial charge in [0.25, 0.3) is 5.91 Å². The van der Waals surface area contributed by atoms with Crippen molar-refractivity contribution in [3.63, 3.8) is 0 Å². The van der Waals surface area contributed by atoms with E-state index in [1.807, 2.05) is 39.3 Å². The fraction of sp³-hybridized carbons (Fsp3) is 0.515. The lowest BCUT2D eigenvalue weighted by molar-refractivity contribution is 0.0499. The standard InChI is InChI=1S/C33H44N6O4/c1-8-10-24(36-32(41)43-33(3,4)5)18-34-31(40)22-15-25-28(27(17-22)42-7)38(6)30(37-25)26-16-21-13-14-23(9-2)35-29(21)39(26)19-20-11-12-20/h13-17,20,24H,8-12,18-19H2,1-7H3,(H,34,40)(H,36,41)/t24-/m1/s1. The third kappa shape index (κ3) is 6.78. The number of rotatable bonds is 11. The van der Waals surface area contributed by atoms with Gasteiger partial charge in [-0.25, -0.2) is 14.8 Å². The summed E-state index contributed by atoms with van der Waals surface area (Å²) in [6, 6.07) is 9.68. The first-order valence-electron chi connectivity index (χ1n) is 15.3. The van der Waals surface area contributed by atoms with Gasteiger partial charge in [-0.3, -0.25) is 4.79 Å². The molecular weight excluding hydrogens is 544 g/mol. The normalized spacial score (nSPS) is 14.2. The molecule has 4 aromatic rings. The molecular formula is C33H44N6O4. The number of nitrogens with one attached hydrogen (secondary N) is 2. The Morgan fingerprint density at radius 3 is 2.53 bits per heavy atom. The van der Waals surface area contributed by atoms with Crippen LogP contribution in [-0.2, 0) is 24.8 Å². The molecule has 0 saturated heterocycles. The van der Waals surface area contributed by atoms with E-state index in [1.54, 1.807) is 19.2 Å². The first-order chi connectivity index (χ1) is 20.5. The van der Waals surface area contributed by atoms with Crippen LogP contribution in [0.15, 0.2) is 30.3 Å². The van der Waals surface area contributed by atoms with Crippen LogP contribution in [0.1, 0.15) is 76.4 Å². The van der Waals surface area contributed by atoms with Crippen LogP contribution in [0.2, 0.25) is 0 Å². The van der Waals surface area contributed by atoms with E-state index >= 15 is 0 Å². The van der Waals surface area contributed by atoms with Gasteiger partial charge in [-0.1, -0.05) is 20.3 Å². The van der Waals surface area contributed by atoms with Crippen molar-refractivity contribution in [2.45, 2.75) is 84.9 Å². The van der Waals surface area contributed by atoms with Gasteiger partial charge < -0.3 is 29.2 Å². The molecule has 1 saturated carbocycles. The molecule has 5 rings (SSSR count). The quantitative estimate of drug-likeness (QED) is 0.222. The van der Waals surface area contributed by atoms with Crippen molar-refractivity contribution in [1.29, 1.82) is 0 Å². The van der Waals surface area contributed by atoms with E-state index in [-0.39, 0.29) is 18.5 Å². The number of imidazole rings is 1. The summed E-state index contributed by atoms with van der Waals surface area (Å²) >= 11 is 0. The van der Waals surface area contributed by atoms with Crippen LogP contribution < -0.4 is 15.4 Å². The number of alkyl carbamates (subject to hydrolysis) is 1. The number of aryl methyl sites for hydroxylation is 2. The largest absolute Gasteiger partial charge is 0.494 e. The highest BCUT2D eigenvalue weighted by atomic mass is 16.6. The molecule has 1 aliphatic carbocycles. The third-order valence-electron chi connectivity index (χ3n) is 7.81. The van der Waals surface area contributed by atoms with E-state index in [1.165, 1.54) is 12.8 Å². The third-order valence-corrected chi connectivity index (χ3v) is 7.81. The molecule has 1 fully saturated rings. The van der Waals surface area contributed by atoms with E-state index in [0.717, 1.165) is 53.1 Å². The summed E-state index contributed by atoms with van der Waals surface area (Å²) in [5.41, 5.74) is 4.39. The predicted molar refractivity (Wildman–Crippen MR) is 168 cm³/mol. The number of aromatic nitrogens is 4. The number of nitrogens with zero attached hydrogens (tertiary/aromatic N) is 4. The van der Waals surface area contributed by atoms with Crippen LogP contribution in [0.5, 0.6) is 5.75 Å². The molecule has 0 bridgehead atoms. The average Bonchev–Trinajstić information content (AvgIpc) is 3.63. The summed E-state index contributed by atoms with van der Waals surface area (Å²) in [6.07, 6.45) is 4.39. The van der Waals surface area contributed by atoms with E-state index in [2.05, 4.69) is 40.3 Å². The number of methoxy groups -OCH3 is 1. The van der Waals surface area contributed by atoms with Gasteiger partial charge >= 0.3 is 6.09 Å². The van der Waals surface area contributed by atoms with E-state index < -0.39 is 11.7 Å². The Bertz CT molecular complexity index is 1640. The van der Waals surface area contributed by atoms with Crippen LogP contribution in [0.3, 0.4) is 0 Å². The van der Waals surface area contributed by atoms with Crippen molar-refractivity contribution in [2.24, 2.45) is 13.0 Å². The number of carbonyl (C=O) groups excluding carboxylic acids is 2. The van der Waals surface area contributed by atoms with Gasteiger partial charge in [-0.2, -0.15) is 0 Å². The van der Waals surface area contributed by atoms with Crippen LogP contribution in [0, 0.1) is 5.92 Å². The number of hydrogen-bond acceptors (Lipinski definition) is 6. The van der Waals surface area contributed by atoms with Crippen molar-refractivity contribution < 1.29 is 19.1 Å². The first kappa shape index (κ1) is 30.4.